The third kappa shape index (κ3) is 16.0. The quantitative estimate of drug-likeness (QED) is 0.0355. The lowest BCUT2D eigenvalue weighted by Crippen LogP contribution is -2.40. The Kier molecular flexibility index (Phi) is 17.6. The second-order valence-electron chi connectivity index (χ2n) is 15.1. The van der Waals surface area contributed by atoms with Gasteiger partial charge < -0.3 is 34.3 Å². The van der Waals surface area contributed by atoms with Crippen LogP contribution in [-0.2, 0) is 47.1 Å². The van der Waals surface area contributed by atoms with E-state index in [0.29, 0.717) is 62.7 Å². The van der Waals surface area contributed by atoms with Gasteiger partial charge in [0.2, 0.25) is 11.8 Å². The van der Waals surface area contributed by atoms with E-state index in [2.05, 4.69) is 30.3 Å². The molecule has 2 N–H and O–H groups in total. The summed E-state index contributed by atoms with van der Waals surface area (Å²) in [5.41, 5.74) is 4.49. The number of hydrogen-bond acceptors (Lipinski definition) is 10. The Morgan fingerprint density at radius 3 is 1.59 bits per heavy atom. The number of unbranched alkanes of at least 4 members (excludes halogenated alkanes) is 1. The highest BCUT2D eigenvalue weighted by molar-refractivity contribution is 6.76. The topological polar surface area (TPSA) is 130 Å². The van der Waals surface area contributed by atoms with Crippen molar-refractivity contribution in [3.8, 4) is 17.8 Å². The van der Waals surface area contributed by atoms with E-state index in [-0.39, 0.29) is 38.4 Å². The van der Waals surface area contributed by atoms with Crippen molar-refractivity contribution in [1.29, 1.82) is 0 Å². The lowest BCUT2D eigenvalue weighted by molar-refractivity contribution is -0.145. The van der Waals surface area contributed by atoms with Gasteiger partial charge in [0.15, 0.2) is 0 Å². The fourth-order valence-corrected chi connectivity index (χ4v) is 6.50. The molecule has 306 valence electrons. The summed E-state index contributed by atoms with van der Waals surface area (Å²) in [6.07, 6.45) is 1.77. The molecule has 5 aromatic rings. The fourth-order valence-electron chi connectivity index (χ4n) is 5.79. The van der Waals surface area contributed by atoms with Crippen LogP contribution in [0.5, 0.6) is 17.8 Å². The van der Waals surface area contributed by atoms with Crippen molar-refractivity contribution in [1.82, 2.24) is 20.6 Å². The zero-order valence-electron chi connectivity index (χ0n) is 33.9. The van der Waals surface area contributed by atoms with Gasteiger partial charge in [-0.05, 0) is 54.0 Å². The van der Waals surface area contributed by atoms with Gasteiger partial charge in [0, 0.05) is 21.2 Å². The molecule has 0 bridgehead atoms. The van der Waals surface area contributed by atoms with Crippen LogP contribution in [0.15, 0.2) is 121 Å². The molecule has 0 saturated heterocycles. The number of esters is 1. The molecule has 58 heavy (non-hydrogen) atoms. The first kappa shape index (κ1) is 43.4. The Labute approximate surface area is 343 Å². The lowest BCUT2D eigenvalue weighted by Gasteiger charge is -2.21. The van der Waals surface area contributed by atoms with Crippen molar-refractivity contribution >= 4 is 20.1 Å². The minimum Gasteiger partial charge on any atom is -0.472 e. The first-order valence-corrected chi connectivity index (χ1v) is 23.7. The van der Waals surface area contributed by atoms with Gasteiger partial charge in [-0.15, -0.1) is 0 Å². The second-order valence-corrected chi connectivity index (χ2v) is 20.8. The van der Waals surface area contributed by atoms with E-state index < -0.39 is 20.2 Å². The van der Waals surface area contributed by atoms with E-state index in [0.717, 1.165) is 28.3 Å². The molecule has 5 rings (SSSR count). The van der Waals surface area contributed by atoms with E-state index >= 15 is 0 Å². The van der Waals surface area contributed by atoms with E-state index in [1.807, 2.05) is 121 Å². The third-order valence-electron chi connectivity index (χ3n) is 9.11. The summed E-state index contributed by atoms with van der Waals surface area (Å²) < 4.78 is 30.0. The number of nitrogens with one attached hydrogen (secondary N) is 2. The monoisotopic (exact) mass is 804 g/mol. The van der Waals surface area contributed by atoms with Crippen molar-refractivity contribution in [2.45, 2.75) is 83.8 Å². The highest BCUT2D eigenvalue weighted by atomic mass is 28.3. The zero-order chi connectivity index (χ0) is 40.8. The van der Waals surface area contributed by atoms with Gasteiger partial charge in [0.1, 0.15) is 32.5 Å². The van der Waals surface area contributed by atoms with Crippen molar-refractivity contribution < 1.29 is 33.3 Å². The van der Waals surface area contributed by atoms with Gasteiger partial charge in [-0.2, -0.15) is 9.97 Å². The molecule has 1 atom stereocenters. The predicted octanol–water partition coefficient (Wildman–Crippen LogP) is 8.69. The average molecular weight is 805 g/mol. The van der Waals surface area contributed by atoms with Gasteiger partial charge in [-0.3, -0.25) is 4.79 Å². The number of hydrogen-bond donors (Lipinski definition) is 2. The van der Waals surface area contributed by atoms with E-state index in [1.54, 1.807) is 0 Å². The van der Waals surface area contributed by atoms with Gasteiger partial charge in [-0.1, -0.05) is 141 Å². The molecule has 0 aliphatic rings. The summed E-state index contributed by atoms with van der Waals surface area (Å²) >= 11 is 0. The number of carbonyl (C=O) groups is 2. The first-order valence-electron chi connectivity index (χ1n) is 20.0. The van der Waals surface area contributed by atoms with Crippen LogP contribution in [0, 0.1) is 0 Å². The standard InChI is InChI=1S/C46H56N4O7Si/c1-58(2,3)31-30-53-44(51)41(26-16-17-28-48-46(52)57-35-39-24-14-7-15-25-39)47-29-27-40-42(54-32-36-18-8-4-9-19-36)49-45(56-34-38-22-12-6-13-23-38)50-43(40)55-33-37-20-10-5-11-21-37/h4-15,18-25,41,47H,16-17,26-35H2,1-3H3,(H,48,52)/t41-/m0/s1. The molecule has 0 aliphatic carbocycles. The molecule has 0 aliphatic heterocycles. The Morgan fingerprint density at radius 2 is 1.09 bits per heavy atom. The normalized spacial score (nSPS) is 11.6. The molecule has 1 heterocycles. The van der Waals surface area contributed by atoms with E-state index in [4.69, 9.17) is 33.7 Å². The largest absolute Gasteiger partial charge is 0.472 e. The second kappa shape index (κ2) is 23.5. The maximum atomic E-state index is 13.5. The maximum Gasteiger partial charge on any atom is 0.407 e. The Hall–Kier alpha value is -5.72. The number of benzene rings is 4. The highest BCUT2D eigenvalue weighted by Gasteiger charge is 2.24. The van der Waals surface area contributed by atoms with Crippen molar-refractivity contribution in [2.24, 2.45) is 0 Å². The molecule has 1 aromatic heterocycles. The molecule has 0 radical (unpaired) electrons. The van der Waals surface area contributed by atoms with Crippen molar-refractivity contribution in [3.05, 3.63) is 149 Å². The molecule has 0 spiro atoms. The van der Waals surface area contributed by atoms with Crippen LogP contribution in [0.25, 0.3) is 0 Å². The number of alkyl carbamates (subject to hydrolysis) is 1. The summed E-state index contributed by atoms with van der Waals surface area (Å²) in [5.74, 6) is 0.382. The minimum atomic E-state index is -1.41. The first-order chi connectivity index (χ1) is 28.2. The fraction of sp³-hybridized carbons (Fsp3) is 0.348. The van der Waals surface area contributed by atoms with Gasteiger partial charge in [0.05, 0.1) is 12.2 Å². The van der Waals surface area contributed by atoms with Crippen LogP contribution >= 0.6 is 0 Å². The minimum absolute atomic E-state index is 0.132. The summed E-state index contributed by atoms with van der Waals surface area (Å²) in [5, 5.41) is 6.25. The maximum absolute atomic E-state index is 13.5. The molecule has 0 fully saturated rings. The van der Waals surface area contributed by atoms with E-state index in [1.165, 1.54) is 0 Å². The molecule has 0 saturated carbocycles. The average Bonchev–Trinajstić information content (AvgIpc) is 3.24. The summed E-state index contributed by atoms with van der Waals surface area (Å²) in [6.45, 7) is 8.96. The Morgan fingerprint density at radius 1 is 0.603 bits per heavy atom. The number of carbonyl (C=O) groups excluding carboxylic acids is 2. The zero-order valence-corrected chi connectivity index (χ0v) is 34.9. The highest BCUT2D eigenvalue weighted by Crippen LogP contribution is 2.30. The molecular weight excluding hydrogens is 749 g/mol. The van der Waals surface area contributed by atoms with Crippen LogP contribution in [-0.4, -0.2) is 55.8 Å². The number of aromatic nitrogens is 2. The lowest BCUT2D eigenvalue weighted by atomic mass is 10.1. The van der Waals surface area contributed by atoms with Crippen molar-refractivity contribution in [3.63, 3.8) is 0 Å². The number of nitrogens with zero attached hydrogens (tertiary/aromatic N) is 2. The summed E-state index contributed by atoms with van der Waals surface area (Å²) in [4.78, 5) is 35.2. The van der Waals surface area contributed by atoms with Gasteiger partial charge in [0.25, 0.3) is 0 Å². The Bertz CT molecular complexity index is 1890. The molecular formula is C46H56N4O7Si. The van der Waals surface area contributed by atoms with Gasteiger partial charge >= 0.3 is 18.1 Å². The number of amides is 1. The third-order valence-corrected chi connectivity index (χ3v) is 10.8. The van der Waals surface area contributed by atoms with Crippen LogP contribution in [0.4, 0.5) is 4.79 Å². The smallest absolute Gasteiger partial charge is 0.407 e. The molecule has 12 heteroatoms. The van der Waals surface area contributed by atoms with Crippen LogP contribution in [0.2, 0.25) is 25.7 Å². The van der Waals surface area contributed by atoms with Crippen LogP contribution in [0.3, 0.4) is 0 Å². The number of rotatable bonds is 24. The summed E-state index contributed by atoms with van der Waals surface area (Å²) in [6, 6.07) is 39.5. The van der Waals surface area contributed by atoms with Crippen LogP contribution < -0.4 is 24.8 Å². The number of ether oxygens (including phenoxy) is 5. The Balaban J connectivity index is 1.28. The molecule has 0 unspecified atom stereocenters. The summed E-state index contributed by atoms with van der Waals surface area (Å²) in [7, 11) is -1.41. The van der Waals surface area contributed by atoms with Gasteiger partial charge in [-0.25, -0.2) is 4.79 Å². The molecule has 1 amide bonds. The molecule has 11 nitrogen and oxygen atoms in total. The van der Waals surface area contributed by atoms with E-state index in [9.17, 15) is 9.59 Å². The molecule has 4 aromatic carbocycles. The predicted molar refractivity (Wildman–Crippen MR) is 227 cm³/mol. The van der Waals surface area contributed by atoms with Crippen LogP contribution in [0.1, 0.15) is 47.1 Å². The van der Waals surface area contributed by atoms with Crippen molar-refractivity contribution in [2.75, 3.05) is 19.7 Å². The SMILES string of the molecule is C[Si](C)(C)CCOC(=O)[C@H](CCCCNC(=O)OCc1ccccc1)NCCc1c(OCc2ccccc2)nc(OCc2ccccc2)nc1OCc1ccccc1.